The predicted octanol–water partition coefficient (Wildman–Crippen LogP) is 2.81. The van der Waals surface area contributed by atoms with Crippen LogP contribution in [0.1, 0.15) is 16.1 Å². The van der Waals surface area contributed by atoms with Crippen LogP contribution in [0.25, 0.3) is 0 Å². The van der Waals surface area contributed by atoms with Crippen molar-refractivity contribution in [3.05, 3.63) is 65.6 Å². The van der Waals surface area contributed by atoms with Crippen molar-refractivity contribution in [2.75, 3.05) is 12.4 Å². The summed E-state index contributed by atoms with van der Waals surface area (Å²) in [5, 5.41) is 4.88. The lowest BCUT2D eigenvalue weighted by Crippen LogP contribution is -2.26. The maximum absolute atomic E-state index is 12.6. The minimum absolute atomic E-state index is 0.104. The molecule has 1 amide bonds. The molecule has 0 radical (unpaired) electrons. The first-order chi connectivity index (χ1) is 12.0. The molecule has 0 saturated heterocycles. The molecule has 0 bridgehead atoms. The Kier molecular flexibility index (Phi) is 4.98. The molecular weight excluding hydrogens is 362 g/mol. The van der Waals surface area contributed by atoms with E-state index in [2.05, 4.69) is 10.3 Å². The summed E-state index contributed by atoms with van der Waals surface area (Å²) in [6.45, 7) is 0.127. The van der Waals surface area contributed by atoms with Crippen LogP contribution in [0.4, 0.5) is 5.13 Å². The summed E-state index contributed by atoms with van der Waals surface area (Å²) in [5.74, 6) is 0.202. The van der Waals surface area contributed by atoms with Crippen molar-refractivity contribution in [3.63, 3.8) is 0 Å². The van der Waals surface area contributed by atoms with Gasteiger partial charge in [0, 0.05) is 24.2 Å². The van der Waals surface area contributed by atoms with Crippen LogP contribution in [0.3, 0.4) is 0 Å². The quantitative estimate of drug-likeness (QED) is 0.713. The van der Waals surface area contributed by atoms with Crippen molar-refractivity contribution in [3.8, 4) is 0 Å². The number of furan rings is 1. The maximum Gasteiger partial charge on any atom is 0.257 e. The van der Waals surface area contributed by atoms with E-state index in [0.29, 0.717) is 16.5 Å². The molecule has 0 aliphatic rings. The zero-order chi connectivity index (χ0) is 17.9. The second-order valence-corrected chi connectivity index (χ2v) is 8.10. The molecule has 1 N–H and O–H groups in total. The SMILES string of the molecule is CN(Cc1ccco1)S(=O)(=O)c1ccc(C(=O)Nc2nccs2)cc1. The highest BCUT2D eigenvalue weighted by Gasteiger charge is 2.22. The molecule has 7 nitrogen and oxygen atoms in total. The highest BCUT2D eigenvalue weighted by Crippen LogP contribution is 2.19. The number of carbonyl (C=O) groups is 1. The minimum atomic E-state index is -3.68. The smallest absolute Gasteiger partial charge is 0.257 e. The average Bonchev–Trinajstić information content (AvgIpc) is 3.29. The monoisotopic (exact) mass is 377 g/mol. The summed E-state index contributed by atoms with van der Waals surface area (Å²) >= 11 is 1.30. The van der Waals surface area contributed by atoms with E-state index in [9.17, 15) is 13.2 Å². The number of aromatic nitrogens is 1. The van der Waals surface area contributed by atoms with Gasteiger partial charge in [0.1, 0.15) is 5.76 Å². The number of carbonyl (C=O) groups excluding carboxylic acids is 1. The molecule has 1 aromatic carbocycles. The lowest BCUT2D eigenvalue weighted by atomic mass is 10.2. The van der Waals surface area contributed by atoms with Crippen molar-refractivity contribution in [2.24, 2.45) is 0 Å². The summed E-state index contributed by atoms with van der Waals surface area (Å²) in [5.41, 5.74) is 0.350. The van der Waals surface area contributed by atoms with Gasteiger partial charge in [-0.15, -0.1) is 11.3 Å². The van der Waals surface area contributed by atoms with Gasteiger partial charge < -0.3 is 4.42 Å². The molecule has 0 atom stereocenters. The van der Waals surface area contributed by atoms with E-state index in [0.717, 1.165) is 0 Å². The third-order valence-corrected chi connectivity index (χ3v) is 5.94. The molecule has 0 saturated carbocycles. The normalized spacial score (nSPS) is 11.6. The first kappa shape index (κ1) is 17.3. The van der Waals surface area contributed by atoms with Gasteiger partial charge in [-0.3, -0.25) is 10.1 Å². The van der Waals surface area contributed by atoms with Gasteiger partial charge in [0.2, 0.25) is 10.0 Å². The Hall–Kier alpha value is -2.49. The molecule has 0 aliphatic heterocycles. The number of thiazole rings is 1. The molecule has 0 unspecified atom stereocenters. The van der Waals surface area contributed by atoms with Crippen LogP contribution < -0.4 is 5.32 Å². The van der Waals surface area contributed by atoms with Gasteiger partial charge in [0.05, 0.1) is 17.7 Å². The van der Waals surface area contributed by atoms with Crippen LogP contribution in [-0.2, 0) is 16.6 Å². The van der Waals surface area contributed by atoms with Gasteiger partial charge >= 0.3 is 0 Å². The summed E-state index contributed by atoms with van der Waals surface area (Å²) in [6, 6.07) is 9.16. The fraction of sp³-hybridized carbons (Fsp3) is 0.125. The maximum atomic E-state index is 12.6. The molecule has 9 heteroatoms. The summed E-state index contributed by atoms with van der Waals surface area (Å²) < 4.78 is 31.5. The van der Waals surface area contributed by atoms with E-state index in [-0.39, 0.29) is 17.3 Å². The third-order valence-electron chi connectivity index (χ3n) is 3.44. The highest BCUT2D eigenvalue weighted by atomic mass is 32.2. The number of benzene rings is 1. The Labute approximate surface area is 149 Å². The van der Waals surface area contributed by atoms with Crippen molar-refractivity contribution < 1.29 is 17.6 Å². The summed E-state index contributed by atoms with van der Waals surface area (Å²) in [4.78, 5) is 16.2. The standard InChI is InChI=1S/C16H15N3O4S2/c1-19(11-13-3-2-9-23-13)25(21,22)14-6-4-12(5-7-14)15(20)18-16-17-8-10-24-16/h2-10H,11H2,1H3,(H,17,18,20). The highest BCUT2D eigenvalue weighted by molar-refractivity contribution is 7.89. The average molecular weight is 377 g/mol. The molecule has 130 valence electrons. The molecule has 0 aliphatic carbocycles. The van der Waals surface area contributed by atoms with E-state index >= 15 is 0 Å². The molecule has 3 aromatic rings. The first-order valence-corrected chi connectivity index (χ1v) is 9.58. The summed E-state index contributed by atoms with van der Waals surface area (Å²) in [7, 11) is -2.20. The zero-order valence-corrected chi connectivity index (χ0v) is 14.9. The van der Waals surface area contributed by atoms with Crippen molar-refractivity contribution in [2.45, 2.75) is 11.4 Å². The Balaban J connectivity index is 1.73. The Morgan fingerprint density at radius 1 is 1.28 bits per heavy atom. The Morgan fingerprint density at radius 2 is 2.04 bits per heavy atom. The molecule has 2 heterocycles. The second-order valence-electron chi connectivity index (χ2n) is 5.16. The molecule has 0 spiro atoms. The predicted molar refractivity (Wildman–Crippen MR) is 93.9 cm³/mol. The molecular formula is C16H15N3O4S2. The number of rotatable bonds is 6. The number of hydrogen-bond donors (Lipinski definition) is 1. The van der Waals surface area contributed by atoms with E-state index in [1.807, 2.05) is 0 Å². The second kappa shape index (κ2) is 7.18. The van der Waals surface area contributed by atoms with Crippen LogP contribution in [0.5, 0.6) is 0 Å². The molecule has 2 aromatic heterocycles. The van der Waals surface area contributed by atoms with E-state index < -0.39 is 10.0 Å². The Morgan fingerprint density at radius 3 is 2.64 bits per heavy atom. The number of nitrogens with one attached hydrogen (secondary N) is 1. The topological polar surface area (TPSA) is 92.5 Å². The number of sulfonamides is 1. The molecule has 25 heavy (non-hydrogen) atoms. The fourth-order valence-corrected chi connectivity index (χ4v) is 3.78. The van der Waals surface area contributed by atoms with Gasteiger partial charge in [0.15, 0.2) is 5.13 Å². The van der Waals surface area contributed by atoms with Crippen molar-refractivity contribution in [1.82, 2.24) is 9.29 Å². The number of amides is 1. The van der Waals surface area contributed by atoms with E-state index in [4.69, 9.17) is 4.42 Å². The van der Waals surface area contributed by atoms with Crippen molar-refractivity contribution in [1.29, 1.82) is 0 Å². The number of nitrogens with zero attached hydrogens (tertiary/aromatic N) is 2. The lowest BCUT2D eigenvalue weighted by Gasteiger charge is -2.16. The van der Waals surface area contributed by atoms with E-state index in [1.54, 1.807) is 23.7 Å². The number of anilines is 1. The van der Waals surface area contributed by atoms with Crippen LogP contribution in [0.15, 0.2) is 63.6 Å². The fourth-order valence-electron chi connectivity index (χ4n) is 2.12. The van der Waals surface area contributed by atoms with Gasteiger partial charge in [-0.25, -0.2) is 13.4 Å². The zero-order valence-electron chi connectivity index (χ0n) is 13.2. The minimum Gasteiger partial charge on any atom is -0.468 e. The third kappa shape index (κ3) is 3.95. The first-order valence-electron chi connectivity index (χ1n) is 7.26. The Bertz CT molecular complexity index is 934. The summed E-state index contributed by atoms with van der Waals surface area (Å²) in [6.07, 6.45) is 3.08. The van der Waals surface area contributed by atoms with Crippen molar-refractivity contribution >= 4 is 32.4 Å². The van der Waals surface area contributed by atoms with Crippen LogP contribution >= 0.6 is 11.3 Å². The lowest BCUT2D eigenvalue weighted by molar-refractivity contribution is 0.102. The van der Waals surface area contributed by atoms with Crippen LogP contribution in [0, 0.1) is 0 Å². The van der Waals surface area contributed by atoms with Crippen LogP contribution in [-0.4, -0.2) is 30.7 Å². The number of hydrogen-bond acceptors (Lipinski definition) is 6. The largest absolute Gasteiger partial charge is 0.468 e. The van der Waals surface area contributed by atoms with Gasteiger partial charge in [-0.2, -0.15) is 4.31 Å². The molecule has 0 fully saturated rings. The van der Waals surface area contributed by atoms with Gasteiger partial charge in [0.25, 0.3) is 5.91 Å². The van der Waals surface area contributed by atoms with Gasteiger partial charge in [-0.1, -0.05) is 0 Å². The molecule has 3 rings (SSSR count). The van der Waals surface area contributed by atoms with Crippen LogP contribution in [0.2, 0.25) is 0 Å². The van der Waals surface area contributed by atoms with Gasteiger partial charge in [-0.05, 0) is 36.4 Å². The van der Waals surface area contributed by atoms with E-state index in [1.165, 1.54) is 53.2 Å².